The van der Waals surface area contributed by atoms with Gasteiger partial charge in [-0.25, -0.2) is 4.99 Å². The van der Waals surface area contributed by atoms with Crippen LogP contribution in [0.15, 0.2) is 47.5 Å². The van der Waals surface area contributed by atoms with E-state index in [1.807, 2.05) is 37.3 Å². The maximum atomic E-state index is 6.12. The normalized spacial score (nSPS) is 15.2. The number of anilines is 1. The summed E-state index contributed by atoms with van der Waals surface area (Å²) in [4.78, 5) is 6.19. The molecular formula is C20H19ClN2OS2. The summed E-state index contributed by atoms with van der Waals surface area (Å²) >= 11 is 6.12. The molecule has 1 aromatic heterocycles. The third-order valence-electron chi connectivity index (χ3n) is 4.27. The van der Waals surface area contributed by atoms with Crippen LogP contribution in [0.1, 0.15) is 25.6 Å². The molecule has 0 unspecified atom stereocenters. The number of ether oxygens (including phenoxy) is 1. The molecule has 0 bridgehead atoms. The Morgan fingerprint density at radius 2 is 2.00 bits per heavy atom. The number of benzene rings is 2. The van der Waals surface area contributed by atoms with Crippen LogP contribution >= 0.6 is 32.3 Å². The van der Waals surface area contributed by atoms with Crippen LogP contribution in [0.2, 0.25) is 5.02 Å². The lowest BCUT2D eigenvalue weighted by Crippen LogP contribution is -2.31. The topological polar surface area (TPSA) is 33.6 Å². The van der Waals surface area contributed by atoms with Gasteiger partial charge in [0.05, 0.1) is 22.7 Å². The van der Waals surface area contributed by atoms with Gasteiger partial charge in [0.15, 0.2) is 0 Å². The molecule has 1 N–H and O–H groups in total. The zero-order chi connectivity index (χ0) is 18.3. The van der Waals surface area contributed by atoms with Gasteiger partial charge in [-0.15, -0.1) is 0 Å². The summed E-state index contributed by atoms with van der Waals surface area (Å²) in [6.07, 6.45) is 0. The van der Waals surface area contributed by atoms with Crippen molar-refractivity contribution in [2.45, 2.75) is 26.3 Å². The Morgan fingerprint density at radius 3 is 2.77 bits per heavy atom. The fourth-order valence-electron chi connectivity index (χ4n) is 3.15. The molecular weight excluding hydrogens is 384 g/mol. The van der Waals surface area contributed by atoms with Gasteiger partial charge in [0.1, 0.15) is 10.4 Å². The SMILES string of the molecule is CCOc1ccc2c(c1)NC(C)(C)c1ssc(=Nc3cccc(Cl)c3)c1-2. The lowest BCUT2D eigenvalue weighted by atomic mass is 9.90. The van der Waals surface area contributed by atoms with Crippen LogP contribution in [0.25, 0.3) is 11.1 Å². The largest absolute Gasteiger partial charge is 0.494 e. The highest BCUT2D eigenvalue weighted by molar-refractivity contribution is 7.68. The molecule has 6 heteroatoms. The first-order valence-electron chi connectivity index (χ1n) is 8.47. The number of hydrogen-bond acceptors (Lipinski definition) is 5. The van der Waals surface area contributed by atoms with Gasteiger partial charge in [0.25, 0.3) is 0 Å². The van der Waals surface area contributed by atoms with Crippen LogP contribution in [0.4, 0.5) is 11.4 Å². The summed E-state index contributed by atoms with van der Waals surface area (Å²) < 4.78 is 6.70. The minimum absolute atomic E-state index is 0.156. The second-order valence-electron chi connectivity index (χ2n) is 6.66. The van der Waals surface area contributed by atoms with Crippen molar-refractivity contribution in [3.8, 4) is 16.9 Å². The number of halogens is 1. The molecule has 3 aromatic rings. The number of nitrogens with one attached hydrogen (secondary N) is 1. The first-order chi connectivity index (χ1) is 12.5. The van der Waals surface area contributed by atoms with Crippen molar-refractivity contribution in [3.63, 3.8) is 0 Å². The van der Waals surface area contributed by atoms with Crippen LogP contribution in [-0.4, -0.2) is 6.61 Å². The highest BCUT2D eigenvalue weighted by Gasteiger charge is 2.33. The quantitative estimate of drug-likeness (QED) is 0.512. The van der Waals surface area contributed by atoms with Crippen molar-refractivity contribution in [2.75, 3.05) is 11.9 Å². The molecule has 2 aromatic carbocycles. The van der Waals surface area contributed by atoms with Crippen LogP contribution in [0.3, 0.4) is 0 Å². The van der Waals surface area contributed by atoms with Gasteiger partial charge in [0, 0.05) is 27.9 Å². The molecule has 1 aliphatic rings. The Labute approximate surface area is 165 Å². The molecule has 2 heterocycles. The van der Waals surface area contributed by atoms with Crippen molar-refractivity contribution in [1.82, 2.24) is 0 Å². The standard InChI is InChI=1S/C20H19ClN2OS2/c1-4-24-14-8-9-15-16(11-14)23-20(2,3)18-17(15)19(26-25-18)22-13-7-5-6-12(21)10-13/h5-11,23H,4H2,1-3H3. The van der Waals surface area contributed by atoms with Crippen LogP contribution in [0, 0.1) is 0 Å². The number of hydrogen-bond donors (Lipinski definition) is 1. The fourth-order valence-corrected chi connectivity index (χ4v) is 6.27. The Bertz CT molecular complexity index is 1040. The third-order valence-corrected chi connectivity index (χ3v) is 7.15. The summed E-state index contributed by atoms with van der Waals surface area (Å²) in [5.41, 5.74) is 4.18. The molecule has 0 atom stereocenters. The summed E-state index contributed by atoms with van der Waals surface area (Å²) in [6.45, 7) is 7.06. The zero-order valence-electron chi connectivity index (χ0n) is 14.8. The molecule has 0 amide bonds. The second kappa shape index (κ2) is 6.72. The Hall–Kier alpha value is -1.82. The molecule has 26 heavy (non-hydrogen) atoms. The summed E-state index contributed by atoms with van der Waals surface area (Å²) in [5.74, 6) is 0.880. The molecule has 0 saturated carbocycles. The van der Waals surface area contributed by atoms with Crippen molar-refractivity contribution >= 4 is 43.7 Å². The Morgan fingerprint density at radius 1 is 1.15 bits per heavy atom. The van der Waals surface area contributed by atoms with Crippen molar-refractivity contribution in [2.24, 2.45) is 4.99 Å². The lowest BCUT2D eigenvalue weighted by molar-refractivity contribution is 0.340. The third kappa shape index (κ3) is 3.15. The predicted molar refractivity (Wildman–Crippen MR) is 112 cm³/mol. The number of fused-ring (bicyclic) bond motifs is 3. The van der Waals surface area contributed by atoms with Crippen molar-refractivity contribution in [1.29, 1.82) is 0 Å². The minimum atomic E-state index is -0.156. The molecule has 1 aliphatic heterocycles. The van der Waals surface area contributed by atoms with Gasteiger partial charge in [-0.3, -0.25) is 0 Å². The molecule has 0 radical (unpaired) electrons. The highest BCUT2D eigenvalue weighted by atomic mass is 35.5. The van der Waals surface area contributed by atoms with Crippen molar-refractivity contribution < 1.29 is 4.74 Å². The number of nitrogens with zero attached hydrogens (tertiary/aromatic N) is 1. The maximum Gasteiger partial charge on any atom is 0.135 e. The molecule has 0 spiro atoms. The van der Waals surface area contributed by atoms with Gasteiger partial charge < -0.3 is 10.1 Å². The monoisotopic (exact) mass is 402 g/mol. The van der Waals surface area contributed by atoms with Crippen LogP contribution < -0.4 is 14.7 Å². The summed E-state index contributed by atoms with van der Waals surface area (Å²) in [5, 5.41) is 4.35. The van der Waals surface area contributed by atoms with E-state index in [9.17, 15) is 0 Å². The van der Waals surface area contributed by atoms with Gasteiger partial charge in [-0.05, 0) is 51.1 Å². The molecule has 134 valence electrons. The van der Waals surface area contributed by atoms with E-state index in [4.69, 9.17) is 21.3 Å². The molecule has 0 aliphatic carbocycles. The molecule has 0 saturated heterocycles. The average molecular weight is 403 g/mol. The van der Waals surface area contributed by atoms with E-state index in [1.54, 1.807) is 20.7 Å². The Kier molecular flexibility index (Phi) is 4.55. The highest BCUT2D eigenvalue weighted by Crippen LogP contribution is 2.46. The smallest absolute Gasteiger partial charge is 0.135 e. The summed E-state index contributed by atoms with van der Waals surface area (Å²) in [6, 6.07) is 13.9. The number of rotatable bonds is 3. The van der Waals surface area contributed by atoms with E-state index >= 15 is 0 Å². The predicted octanol–water partition coefficient (Wildman–Crippen LogP) is 6.42. The molecule has 3 nitrogen and oxygen atoms in total. The van der Waals surface area contributed by atoms with Crippen molar-refractivity contribution in [3.05, 3.63) is 57.0 Å². The van der Waals surface area contributed by atoms with E-state index in [0.717, 1.165) is 21.8 Å². The minimum Gasteiger partial charge on any atom is -0.494 e. The van der Waals surface area contributed by atoms with Crippen LogP contribution in [0.5, 0.6) is 5.75 Å². The van der Waals surface area contributed by atoms with Gasteiger partial charge in [0.2, 0.25) is 0 Å². The molecule has 0 fully saturated rings. The lowest BCUT2D eigenvalue weighted by Gasteiger charge is -2.33. The van der Waals surface area contributed by atoms with Gasteiger partial charge in [-0.1, -0.05) is 38.3 Å². The second-order valence-corrected chi connectivity index (χ2v) is 9.22. The van der Waals surface area contributed by atoms with Gasteiger partial charge in [-0.2, -0.15) is 0 Å². The van der Waals surface area contributed by atoms with E-state index in [0.29, 0.717) is 11.6 Å². The maximum absolute atomic E-state index is 6.12. The van der Waals surface area contributed by atoms with Crippen LogP contribution in [-0.2, 0) is 5.54 Å². The van der Waals surface area contributed by atoms with E-state index in [2.05, 4.69) is 31.3 Å². The average Bonchev–Trinajstić information content (AvgIpc) is 3.00. The van der Waals surface area contributed by atoms with E-state index in [-0.39, 0.29) is 5.54 Å². The summed E-state index contributed by atoms with van der Waals surface area (Å²) in [7, 11) is 3.49. The molecule has 4 rings (SSSR count). The van der Waals surface area contributed by atoms with Gasteiger partial charge >= 0.3 is 0 Å². The fraction of sp³-hybridized carbons (Fsp3) is 0.250. The Balaban J connectivity index is 1.92. The van der Waals surface area contributed by atoms with E-state index < -0.39 is 0 Å². The first kappa shape index (κ1) is 17.6. The van der Waals surface area contributed by atoms with E-state index in [1.165, 1.54) is 16.0 Å². The zero-order valence-corrected chi connectivity index (χ0v) is 17.2. The first-order valence-corrected chi connectivity index (χ1v) is 11.0.